The van der Waals surface area contributed by atoms with Crippen molar-refractivity contribution < 1.29 is 7.85 Å². The van der Waals surface area contributed by atoms with Gasteiger partial charge >= 0.3 is 0 Å². The highest BCUT2D eigenvalue weighted by molar-refractivity contribution is 5.49. The molecule has 0 aliphatic rings. The molecule has 0 spiro atoms. The van der Waals surface area contributed by atoms with E-state index >= 15 is 0 Å². The molecule has 0 aliphatic carbocycles. The minimum Gasteiger partial charge on any atom is -0.389 e. The Hall–Kier alpha value is -1.08. The molecule has 0 bridgehead atoms. The Kier molecular flexibility index (Phi) is 2.72. The van der Waals surface area contributed by atoms with E-state index in [1.165, 1.54) is 0 Å². The lowest BCUT2D eigenvalue weighted by molar-refractivity contribution is 0.173. The van der Waals surface area contributed by atoms with Crippen LogP contribution in [0.15, 0.2) is 36.4 Å². The second-order valence-electron chi connectivity index (χ2n) is 3.32. The Bertz CT molecular complexity index is 344. The summed E-state index contributed by atoms with van der Waals surface area (Å²) in [6.45, 7) is 3.66. The van der Waals surface area contributed by atoms with Crippen molar-refractivity contribution in [3.8, 4) is 0 Å². The van der Waals surface area contributed by atoms with Gasteiger partial charge in [-0.25, -0.2) is 0 Å². The van der Waals surface area contributed by atoms with E-state index in [4.69, 9.17) is 2.74 Å². The van der Waals surface area contributed by atoms with Crippen molar-refractivity contribution >= 4 is 6.05 Å². The lowest BCUT2D eigenvalue weighted by Crippen LogP contribution is -2.10. The number of benzene rings is 1. The van der Waals surface area contributed by atoms with Gasteiger partial charge in [0.15, 0.2) is 0 Å². The van der Waals surface area contributed by atoms with Gasteiger partial charge in [-0.05, 0) is 11.5 Å². The molecule has 1 aromatic rings. The first-order valence-corrected chi connectivity index (χ1v) is 4.45. The molecule has 70 valence electrons. The molecule has 1 nitrogen and oxygen atoms in total. The van der Waals surface area contributed by atoms with E-state index in [0.717, 1.165) is 0 Å². The maximum absolute atomic E-state index is 9.66. The number of hydrogen-bond acceptors (Lipinski definition) is 1. The zero-order valence-corrected chi connectivity index (χ0v) is 7.99. The fraction of sp³-hybridized carbons (Fsp3) is 0.333. The molecule has 1 unspecified atom stereocenters. The van der Waals surface area contributed by atoms with Crippen molar-refractivity contribution in [3.63, 3.8) is 0 Å². The SMILES string of the molecule is [2H]/C(=C(\[2H])C(O)C(C)C)c1ccccc1. The van der Waals surface area contributed by atoms with Crippen LogP contribution in [0.4, 0.5) is 0 Å². The summed E-state index contributed by atoms with van der Waals surface area (Å²) in [5, 5.41) is 9.66. The molecular weight excluding hydrogens is 160 g/mol. The van der Waals surface area contributed by atoms with Gasteiger partial charge in [-0.1, -0.05) is 56.3 Å². The summed E-state index contributed by atoms with van der Waals surface area (Å²) >= 11 is 0. The van der Waals surface area contributed by atoms with E-state index < -0.39 is 6.10 Å². The number of rotatable bonds is 3. The lowest BCUT2D eigenvalue weighted by Gasteiger charge is -2.08. The van der Waals surface area contributed by atoms with Crippen LogP contribution in [0, 0.1) is 5.92 Å². The van der Waals surface area contributed by atoms with E-state index in [1.54, 1.807) is 12.1 Å². The lowest BCUT2D eigenvalue weighted by atomic mass is 10.1. The first-order valence-electron chi connectivity index (χ1n) is 5.45. The molecule has 0 fully saturated rings. The molecule has 1 atom stereocenters. The first-order chi connectivity index (χ1) is 7.04. The second-order valence-corrected chi connectivity index (χ2v) is 3.32. The minimum absolute atomic E-state index is 0.0174. The summed E-state index contributed by atoms with van der Waals surface area (Å²) in [5.74, 6) is -0.0402. The number of aliphatic hydroxyl groups excluding tert-OH is 1. The van der Waals surface area contributed by atoms with Crippen LogP contribution in [-0.2, 0) is 0 Å². The Morgan fingerprint density at radius 3 is 2.46 bits per heavy atom. The molecule has 0 heterocycles. The van der Waals surface area contributed by atoms with Crippen molar-refractivity contribution in [1.82, 2.24) is 0 Å². The van der Waals surface area contributed by atoms with Gasteiger partial charge in [0.25, 0.3) is 0 Å². The minimum atomic E-state index is -0.863. The smallest absolute Gasteiger partial charge is 0.0747 e. The highest BCUT2D eigenvalue weighted by Crippen LogP contribution is 2.06. The summed E-state index contributed by atoms with van der Waals surface area (Å²) < 4.78 is 15.5. The predicted octanol–water partition coefficient (Wildman–Crippen LogP) is 2.72. The van der Waals surface area contributed by atoms with Gasteiger partial charge in [-0.3, -0.25) is 0 Å². The second kappa shape index (κ2) is 4.83. The predicted molar refractivity (Wildman–Crippen MR) is 56.3 cm³/mol. The van der Waals surface area contributed by atoms with Crippen LogP contribution >= 0.6 is 0 Å². The molecule has 13 heavy (non-hydrogen) atoms. The van der Waals surface area contributed by atoms with Crippen molar-refractivity contribution in [2.24, 2.45) is 5.92 Å². The monoisotopic (exact) mass is 178 g/mol. The molecule has 1 heteroatoms. The summed E-state index contributed by atoms with van der Waals surface area (Å²) in [7, 11) is 0. The van der Waals surface area contributed by atoms with Gasteiger partial charge < -0.3 is 5.11 Å². The van der Waals surface area contributed by atoms with Crippen LogP contribution in [0.2, 0.25) is 0 Å². The Labute approximate surface area is 82.5 Å². The maximum atomic E-state index is 9.66. The molecule has 0 saturated carbocycles. The van der Waals surface area contributed by atoms with Crippen LogP contribution in [-0.4, -0.2) is 11.2 Å². The van der Waals surface area contributed by atoms with Gasteiger partial charge in [0.05, 0.1) is 8.85 Å². The third-order valence-corrected chi connectivity index (χ3v) is 1.77. The largest absolute Gasteiger partial charge is 0.389 e. The Morgan fingerprint density at radius 1 is 1.31 bits per heavy atom. The third kappa shape index (κ3) is 3.43. The van der Waals surface area contributed by atoms with Crippen molar-refractivity contribution in [2.75, 3.05) is 0 Å². The van der Waals surface area contributed by atoms with Crippen LogP contribution in [0.5, 0.6) is 0 Å². The standard InChI is InChI=1S/C12H16O/c1-10(2)12(13)9-8-11-6-4-3-5-7-11/h3-10,12-13H,1-2H3/b9-8-/i8D,9D. The zero-order chi connectivity index (χ0) is 11.4. The van der Waals surface area contributed by atoms with Crippen molar-refractivity contribution in [1.29, 1.82) is 0 Å². The Balaban J connectivity index is 3.00. The summed E-state index contributed by atoms with van der Waals surface area (Å²) in [5.41, 5.74) is 0.669. The van der Waals surface area contributed by atoms with Crippen LogP contribution in [0.25, 0.3) is 6.05 Å². The van der Waals surface area contributed by atoms with Gasteiger partial charge in [-0.2, -0.15) is 0 Å². The maximum Gasteiger partial charge on any atom is 0.0747 e. The molecule has 0 radical (unpaired) electrons. The molecule has 1 rings (SSSR count). The van der Waals surface area contributed by atoms with Crippen LogP contribution in [0.1, 0.15) is 22.2 Å². The molecule has 0 aliphatic heterocycles. The highest BCUT2D eigenvalue weighted by Gasteiger charge is 2.02. The van der Waals surface area contributed by atoms with Gasteiger partial charge in [0, 0.05) is 0 Å². The molecule has 0 aromatic heterocycles. The summed E-state index contributed by atoms with van der Waals surface area (Å²) in [4.78, 5) is 0. The topological polar surface area (TPSA) is 20.2 Å². The van der Waals surface area contributed by atoms with E-state index in [-0.39, 0.29) is 18.0 Å². The average molecular weight is 178 g/mol. The van der Waals surface area contributed by atoms with Crippen LogP contribution < -0.4 is 0 Å². The van der Waals surface area contributed by atoms with E-state index in [1.807, 2.05) is 32.0 Å². The fourth-order valence-corrected chi connectivity index (χ4v) is 0.845. The molecule has 0 amide bonds. The van der Waals surface area contributed by atoms with E-state index in [9.17, 15) is 5.11 Å². The molecular formula is C12H16O. The molecule has 0 saturated heterocycles. The third-order valence-electron chi connectivity index (χ3n) is 1.77. The average Bonchev–Trinajstić information content (AvgIpc) is 2.27. The van der Waals surface area contributed by atoms with Crippen LogP contribution in [0.3, 0.4) is 0 Å². The van der Waals surface area contributed by atoms with E-state index in [0.29, 0.717) is 5.56 Å². The van der Waals surface area contributed by atoms with Gasteiger partial charge in [-0.15, -0.1) is 0 Å². The summed E-state index contributed by atoms with van der Waals surface area (Å²) in [6.07, 6.45) is -0.863. The normalized spacial score (nSPS) is 17.5. The molecule has 1 aromatic carbocycles. The first kappa shape index (κ1) is 7.34. The molecule has 1 N–H and O–H groups in total. The number of aliphatic hydroxyl groups is 1. The van der Waals surface area contributed by atoms with Gasteiger partial charge in [0.2, 0.25) is 0 Å². The quantitative estimate of drug-likeness (QED) is 0.754. The fourth-order valence-electron chi connectivity index (χ4n) is 0.845. The Morgan fingerprint density at radius 2 is 1.92 bits per heavy atom. The zero-order valence-electron chi connectivity index (χ0n) is 9.99. The summed E-state index contributed by atoms with van der Waals surface area (Å²) in [6, 6.07) is 9.11. The number of hydrogen-bond donors (Lipinski definition) is 1. The highest BCUT2D eigenvalue weighted by atomic mass is 16.3. The van der Waals surface area contributed by atoms with E-state index in [2.05, 4.69) is 0 Å². The van der Waals surface area contributed by atoms with Crippen molar-refractivity contribution in [3.05, 3.63) is 41.9 Å². The van der Waals surface area contributed by atoms with Gasteiger partial charge in [0.1, 0.15) is 0 Å². The van der Waals surface area contributed by atoms with Crippen molar-refractivity contribution in [2.45, 2.75) is 20.0 Å².